The van der Waals surface area contributed by atoms with E-state index in [9.17, 15) is 18.5 Å². The minimum absolute atomic E-state index is 0.143. The molecular weight excluding hydrogens is 366 g/mol. The van der Waals surface area contributed by atoms with Crippen LogP contribution in [0.5, 0.6) is 5.75 Å². The maximum atomic E-state index is 12.4. The predicted octanol–water partition coefficient (Wildman–Crippen LogP) is 4.65. The molecule has 138 valence electrons. The van der Waals surface area contributed by atoms with Crippen LogP contribution in [0.25, 0.3) is 11.1 Å². The van der Waals surface area contributed by atoms with Gasteiger partial charge in [0.15, 0.2) is 0 Å². The van der Waals surface area contributed by atoms with Gasteiger partial charge in [0.05, 0.1) is 4.92 Å². The molecule has 27 heavy (non-hydrogen) atoms. The first kappa shape index (κ1) is 18.6. The maximum Gasteiger partial charge on any atom is 0.339 e. The molecule has 3 rings (SSSR count). The van der Waals surface area contributed by atoms with Crippen LogP contribution in [0.15, 0.2) is 71.6 Å². The zero-order valence-electron chi connectivity index (χ0n) is 14.7. The average molecular weight is 383 g/mol. The molecule has 0 atom stereocenters. The van der Waals surface area contributed by atoms with Crippen LogP contribution in [0.4, 0.5) is 5.69 Å². The number of hydrogen-bond donors (Lipinski definition) is 0. The highest BCUT2D eigenvalue weighted by Gasteiger charge is 2.19. The Labute approximate surface area is 157 Å². The molecule has 0 aliphatic heterocycles. The lowest BCUT2D eigenvalue weighted by Gasteiger charge is -2.11. The quantitative estimate of drug-likeness (QED) is 0.364. The van der Waals surface area contributed by atoms with Gasteiger partial charge in [0.2, 0.25) is 0 Å². The Balaban J connectivity index is 1.86. The highest BCUT2D eigenvalue weighted by Crippen LogP contribution is 2.29. The molecule has 3 aromatic carbocycles. The molecule has 0 aliphatic carbocycles. The predicted molar refractivity (Wildman–Crippen MR) is 102 cm³/mol. The third-order valence-corrected chi connectivity index (χ3v) is 5.34. The fourth-order valence-corrected chi connectivity index (χ4v) is 3.56. The number of non-ortho nitro benzene ring substituents is 1. The Hall–Kier alpha value is -3.19. The van der Waals surface area contributed by atoms with Crippen molar-refractivity contribution in [3.8, 4) is 16.9 Å². The lowest BCUT2D eigenvalue weighted by atomic mass is 10.0. The number of nitro groups is 1. The normalized spacial score (nSPS) is 11.2. The molecule has 7 heteroatoms. The molecule has 0 saturated heterocycles. The Morgan fingerprint density at radius 3 is 2.00 bits per heavy atom. The molecule has 0 aliphatic rings. The monoisotopic (exact) mass is 383 g/mol. The summed E-state index contributed by atoms with van der Waals surface area (Å²) in [5, 5.41) is 10.7. The van der Waals surface area contributed by atoms with E-state index in [4.69, 9.17) is 4.18 Å². The molecule has 0 fully saturated rings. The molecule has 3 aromatic rings. The van der Waals surface area contributed by atoms with Crippen molar-refractivity contribution in [2.45, 2.75) is 18.7 Å². The van der Waals surface area contributed by atoms with E-state index in [2.05, 4.69) is 0 Å². The van der Waals surface area contributed by atoms with Crippen LogP contribution < -0.4 is 4.18 Å². The second-order valence-electron chi connectivity index (χ2n) is 6.13. The molecule has 0 N–H and O–H groups in total. The SMILES string of the molecule is Cc1ccc(-c2ccc(OS(=O)(=O)c3ccc([N+](=O)[O-])cc3)c(C)c2)cc1. The van der Waals surface area contributed by atoms with Gasteiger partial charge in [-0.05, 0) is 54.8 Å². The van der Waals surface area contributed by atoms with Gasteiger partial charge >= 0.3 is 10.1 Å². The fraction of sp³-hybridized carbons (Fsp3) is 0.100. The van der Waals surface area contributed by atoms with E-state index in [-0.39, 0.29) is 16.3 Å². The van der Waals surface area contributed by atoms with Gasteiger partial charge in [-0.3, -0.25) is 10.1 Å². The van der Waals surface area contributed by atoms with E-state index in [1.165, 1.54) is 0 Å². The third-order valence-electron chi connectivity index (χ3n) is 4.10. The molecule has 0 spiro atoms. The summed E-state index contributed by atoms with van der Waals surface area (Å²) < 4.78 is 30.1. The minimum atomic E-state index is -4.08. The fourth-order valence-electron chi connectivity index (χ4n) is 2.57. The van der Waals surface area contributed by atoms with Crippen LogP contribution in [-0.2, 0) is 10.1 Å². The van der Waals surface area contributed by atoms with Crippen LogP contribution in [0.3, 0.4) is 0 Å². The summed E-state index contributed by atoms with van der Waals surface area (Å²) in [7, 11) is -4.08. The maximum absolute atomic E-state index is 12.4. The molecule has 0 bridgehead atoms. The van der Waals surface area contributed by atoms with Crippen molar-refractivity contribution in [1.82, 2.24) is 0 Å². The van der Waals surface area contributed by atoms with E-state index < -0.39 is 15.0 Å². The second kappa shape index (κ2) is 7.20. The van der Waals surface area contributed by atoms with Crippen molar-refractivity contribution in [3.05, 3.63) is 88.0 Å². The number of nitrogens with zero attached hydrogens (tertiary/aromatic N) is 1. The van der Waals surface area contributed by atoms with E-state index in [0.29, 0.717) is 5.56 Å². The van der Waals surface area contributed by atoms with E-state index in [0.717, 1.165) is 41.0 Å². The van der Waals surface area contributed by atoms with Crippen molar-refractivity contribution in [2.75, 3.05) is 0 Å². The number of nitro benzene ring substituents is 1. The number of hydrogen-bond acceptors (Lipinski definition) is 5. The van der Waals surface area contributed by atoms with Gasteiger partial charge in [-0.2, -0.15) is 8.42 Å². The van der Waals surface area contributed by atoms with Gasteiger partial charge < -0.3 is 4.18 Å². The third kappa shape index (κ3) is 4.15. The average Bonchev–Trinajstić information content (AvgIpc) is 2.64. The number of rotatable bonds is 5. The minimum Gasteiger partial charge on any atom is -0.379 e. The summed E-state index contributed by atoms with van der Waals surface area (Å²) in [6, 6.07) is 17.8. The summed E-state index contributed by atoms with van der Waals surface area (Å²) in [4.78, 5) is 9.95. The number of benzene rings is 3. The van der Waals surface area contributed by atoms with Crippen LogP contribution in [0.1, 0.15) is 11.1 Å². The molecule has 0 aromatic heterocycles. The van der Waals surface area contributed by atoms with Crippen molar-refractivity contribution < 1.29 is 17.5 Å². The second-order valence-corrected chi connectivity index (χ2v) is 7.68. The molecule has 0 amide bonds. The molecular formula is C20H17NO5S. The highest BCUT2D eigenvalue weighted by atomic mass is 32.2. The Kier molecular flexibility index (Phi) is 4.96. The van der Waals surface area contributed by atoms with E-state index in [1.807, 2.05) is 37.3 Å². The summed E-state index contributed by atoms with van der Waals surface area (Å²) in [6.07, 6.45) is 0. The molecule has 0 heterocycles. The van der Waals surface area contributed by atoms with E-state index >= 15 is 0 Å². The largest absolute Gasteiger partial charge is 0.379 e. The molecule has 0 radical (unpaired) electrons. The van der Waals surface area contributed by atoms with Crippen molar-refractivity contribution in [1.29, 1.82) is 0 Å². The van der Waals surface area contributed by atoms with Gasteiger partial charge in [0.25, 0.3) is 5.69 Å². The van der Waals surface area contributed by atoms with Gasteiger partial charge in [-0.25, -0.2) is 0 Å². The topological polar surface area (TPSA) is 86.5 Å². The van der Waals surface area contributed by atoms with Gasteiger partial charge in [0, 0.05) is 12.1 Å². The Morgan fingerprint density at radius 1 is 0.852 bits per heavy atom. The first-order valence-corrected chi connectivity index (χ1v) is 9.54. The molecule has 6 nitrogen and oxygen atoms in total. The van der Waals surface area contributed by atoms with Crippen molar-refractivity contribution >= 4 is 15.8 Å². The summed E-state index contributed by atoms with van der Waals surface area (Å²) in [5.74, 6) is 0.212. The molecule has 0 unspecified atom stereocenters. The van der Waals surface area contributed by atoms with Crippen LogP contribution in [-0.4, -0.2) is 13.3 Å². The zero-order chi connectivity index (χ0) is 19.6. The van der Waals surface area contributed by atoms with Crippen LogP contribution in [0.2, 0.25) is 0 Å². The van der Waals surface area contributed by atoms with E-state index in [1.54, 1.807) is 19.1 Å². The summed E-state index contributed by atoms with van der Waals surface area (Å²) >= 11 is 0. The summed E-state index contributed by atoms with van der Waals surface area (Å²) in [5.41, 5.74) is 3.61. The van der Waals surface area contributed by atoms with Crippen molar-refractivity contribution in [2.24, 2.45) is 0 Å². The first-order valence-electron chi connectivity index (χ1n) is 8.13. The van der Waals surface area contributed by atoms with Gasteiger partial charge in [0.1, 0.15) is 10.6 Å². The highest BCUT2D eigenvalue weighted by molar-refractivity contribution is 7.87. The Morgan fingerprint density at radius 2 is 1.44 bits per heavy atom. The first-order chi connectivity index (χ1) is 12.8. The molecule has 0 saturated carbocycles. The lowest BCUT2D eigenvalue weighted by molar-refractivity contribution is -0.384. The van der Waals surface area contributed by atoms with Gasteiger partial charge in [-0.15, -0.1) is 0 Å². The summed E-state index contributed by atoms with van der Waals surface area (Å²) in [6.45, 7) is 3.77. The zero-order valence-corrected chi connectivity index (χ0v) is 15.6. The number of aryl methyl sites for hydroxylation is 2. The smallest absolute Gasteiger partial charge is 0.339 e. The lowest BCUT2D eigenvalue weighted by Crippen LogP contribution is -2.10. The Bertz CT molecular complexity index is 1090. The standard InChI is InChI=1S/C20H17NO5S/c1-14-3-5-16(6-4-14)17-7-12-20(15(2)13-17)26-27(24,25)19-10-8-18(9-11-19)21(22)23/h3-13H,1-2H3. The van der Waals surface area contributed by atoms with Crippen molar-refractivity contribution in [3.63, 3.8) is 0 Å². The van der Waals surface area contributed by atoms with Crippen LogP contribution >= 0.6 is 0 Å². The van der Waals surface area contributed by atoms with Crippen LogP contribution in [0, 0.1) is 24.0 Å². The van der Waals surface area contributed by atoms with Gasteiger partial charge in [-0.1, -0.05) is 35.9 Å².